The molecule has 1 aliphatic rings. The first-order chi connectivity index (χ1) is 9.58. The molecule has 2 nitrogen and oxygen atoms in total. The number of carbonyl (C=O) groups is 1. The Kier molecular flexibility index (Phi) is 2.97. The highest BCUT2D eigenvalue weighted by Gasteiger charge is 2.27. The second-order valence-corrected chi connectivity index (χ2v) is 4.65. The van der Waals surface area contributed by atoms with E-state index in [0.717, 1.165) is 23.3 Å². The van der Waals surface area contributed by atoms with Crippen molar-refractivity contribution in [2.24, 2.45) is 0 Å². The molecule has 0 aliphatic carbocycles. The van der Waals surface area contributed by atoms with Gasteiger partial charge >= 0.3 is 0 Å². The van der Waals surface area contributed by atoms with Gasteiger partial charge in [0, 0.05) is 13.1 Å². The Morgan fingerprint density at radius 1 is 0.900 bits per heavy atom. The van der Waals surface area contributed by atoms with Crippen molar-refractivity contribution in [3.05, 3.63) is 70.5 Å². The largest absolute Gasteiger partial charge is 0.330 e. The van der Waals surface area contributed by atoms with Crippen LogP contribution in [0.4, 0.5) is 13.2 Å². The van der Waals surface area contributed by atoms with Crippen molar-refractivity contribution < 1.29 is 18.0 Å². The molecule has 0 N–H and O–H groups in total. The summed E-state index contributed by atoms with van der Waals surface area (Å²) in [6.07, 6.45) is 0. The Hall–Kier alpha value is -2.30. The highest BCUT2D eigenvalue weighted by atomic mass is 19.2. The molecule has 3 rings (SSSR count). The molecular weight excluding hydrogens is 267 g/mol. The number of nitrogens with zero attached hydrogens (tertiary/aromatic N) is 1. The van der Waals surface area contributed by atoms with E-state index in [1.54, 1.807) is 0 Å². The predicted octanol–water partition coefficient (Wildman–Crippen LogP) is 3.26. The van der Waals surface area contributed by atoms with E-state index in [9.17, 15) is 18.0 Å². The molecule has 2 aromatic carbocycles. The Morgan fingerprint density at radius 3 is 2.10 bits per heavy atom. The third-order valence-corrected chi connectivity index (χ3v) is 3.39. The molecule has 0 bridgehead atoms. The van der Waals surface area contributed by atoms with Gasteiger partial charge < -0.3 is 4.90 Å². The van der Waals surface area contributed by atoms with Crippen LogP contribution in [0, 0.1) is 17.5 Å². The van der Waals surface area contributed by atoms with Crippen molar-refractivity contribution in [1.29, 1.82) is 0 Å². The number of benzene rings is 2. The standard InChI is InChI=1S/C15H10F3NO/c16-12-6-5-11(13(17)14(12)18)15(20)19-7-9-3-1-2-4-10(9)8-19/h1-6H,7-8H2. The van der Waals surface area contributed by atoms with E-state index in [-0.39, 0.29) is 0 Å². The first-order valence-electron chi connectivity index (χ1n) is 6.07. The summed E-state index contributed by atoms with van der Waals surface area (Å²) >= 11 is 0. The molecule has 1 heterocycles. The van der Waals surface area contributed by atoms with Gasteiger partial charge in [0.25, 0.3) is 5.91 Å². The van der Waals surface area contributed by atoms with Crippen LogP contribution in [0.2, 0.25) is 0 Å². The number of halogens is 3. The summed E-state index contributed by atoms with van der Waals surface area (Å²) in [5.74, 6) is -5.00. The van der Waals surface area contributed by atoms with Gasteiger partial charge in [0.1, 0.15) is 0 Å². The quantitative estimate of drug-likeness (QED) is 0.733. The maximum absolute atomic E-state index is 13.6. The van der Waals surface area contributed by atoms with Gasteiger partial charge in [0.05, 0.1) is 5.56 Å². The van der Waals surface area contributed by atoms with Gasteiger partial charge in [-0.25, -0.2) is 13.2 Å². The number of hydrogen-bond donors (Lipinski definition) is 0. The molecule has 0 saturated heterocycles. The van der Waals surface area contributed by atoms with E-state index >= 15 is 0 Å². The SMILES string of the molecule is O=C(c1ccc(F)c(F)c1F)N1Cc2ccccc2C1. The minimum Gasteiger partial charge on any atom is -0.330 e. The Morgan fingerprint density at radius 2 is 1.50 bits per heavy atom. The Balaban J connectivity index is 1.91. The summed E-state index contributed by atoms with van der Waals surface area (Å²) in [6, 6.07) is 9.19. The molecule has 102 valence electrons. The van der Waals surface area contributed by atoms with Crippen molar-refractivity contribution in [3.63, 3.8) is 0 Å². The summed E-state index contributed by atoms with van der Waals surface area (Å²) in [6.45, 7) is 0.681. The zero-order valence-corrected chi connectivity index (χ0v) is 10.4. The van der Waals surface area contributed by atoms with Crippen LogP contribution < -0.4 is 0 Å². The second-order valence-electron chi connectivity index (χ2n) is 4.65. The number of fused-ring (bicyclic) bond motifs is 1. The van der Waals surface area contributed by atoms with Crippen molar-refractivity contribution in [1.82, 2.24) is 4.90 Å². The number of amides is 1. The first kappa shape index (κ1) is 12.7. The van der Waals surface area contributed by atoms with E-state index in [0.29, 0.717) is 13.1 Å². The highest BCUT2D eigenvalue weighted by molar-refractivity contribution is 5.94. The molecular formula is C15H10F3NO. The van der Waals surface area contributed by atoms with Crippen LogP contribution in [-0.4, -0.2) is 10.8 Å². The summed E-state index contributed by atoms with van der Waals surface area (Å²) in [7, 11) is 0. The fourth-order valence-corrected chi connectivity index (χ4v) is 2.34. The lowest BCUT2D eigenvalue weighted by Gasteiger charge is -2.16. The molecule has 0 saturated carbocycles. The van der Waals surface area contributed by atoms with Gasteiger partial charge in [-0.15, -0.1) is 0 Å². The molecule has 0 radical (unpaired) electrons. The number of rotatable bonds is 1. The molecule has 0 spiro atoms. The van der Waals surface area contributed by atoms with Gasteiger partial charge in [0.2, 0.25) is 0 Å². The number of hydrogen-bond acceptors (Lipinski definition) is 1. The van der Waals surface area contributed by atoms with Crippen molar-refractivity contribution >= 4 is 5.91 Å². The van der Waals surface area contributed by atoms with Crippen LogP contribution in [-0.2, 0) is 13.1 Å². The highest BCUT2D eigenvalue weighted by Crippen LogP contribution is 2.25. The van der Waals surface area contributed by atoms with Gasteiger partial charge in [-0.05, 0) is 23.3 Å². The zero-order chi connectivity index (χ0) is 14.3. The average molecular weight is 277 g/mol. The van der Waals surface area contributed by atoms with Crippen LogP contribution in [0.5, 0.6) is 0 Å². The molecule has 1 amide bonds. The van der Waals surface area contributed by atoms with E-state index in [1.165, 1.54) is 4.90 Å². The lowest BCUT2D eigenvalue weighted by Crippen LogP contribution is -2.26. The maximum Gasteiger partial charge on any atom is 0.257 e. The van der Waals surface area contributed by atoms with Crippen LogP contribution in [0.15, 0.2) is 36.4 Å². The minimum absolute atomic E-state index is 0.341. The van der Waals surface area contributed by atoms with E-state index < -0.39 is 28.9 Å². The molecule has 5 heteroatoms. The topological polar surface area (TPSA) is 20.3 Å². The molecule has 0 atom stereocenters. The van der Waals surface area contributed by atoms with E-state index in [4.69, 9.17) is 0 Å². The molecule has 0 fully saturated rings. The number of carbonyl (C=O) groups excluding carboxylic acids is 1. The molecule has 0 aromatic heterocycles. The summed E-state index contributed by atoms with van der Waals surface area (Å²) < 4.78 is 39.7. The summed E-state index contributed by atoms with van der Waals surface area (Å²) in [5, 5.41) is 0. The van der Waals surface area contributed by atoms with Gasteiger partial charge in [-0.3, -0.25) is 4.79 Å². The minimum atomic E-state index is -1.62. The monoisotopic (exact) mass is 277 g/mol. The van der Waals surface area contributed by atoms with Crippen molar-refractivity contribution in [2.75, 3.05) is 0 Å². The van der Waals surface area contributed by atoms with Gasteiger partial charge in [0.15, 0.2) is 17.5 Å². The zero-order valence-electron chi connectivity index (χ0n) is 10.4. The second kappa shape index (κ2) is 4.67. The maximum atomic E-state index is 13.6. The van der Waals surface area contributed by atoms with Gasteiger partial charge in [-0.1, -0.05) is 24.3 Å². The van der Waals surface area contributed by atoms with Crippen LogP contribution in [0.1, 0.15) is 21.5 Å². The molecule has 20 heavy (non-hydrogen) atoms. The van der Waals surface area contributed by atoms with Crippen molar-refractivity contribution in [3.8, 4) is 0 Å². The molecule has 1 aliphatic heterocycles. The molecule has 0 unspecified atom stereocenters. The van der Waals surface area contributed by atoms with Crippen LogP contribution in [0.25, 0.3) is 0 Å². The van der Waals surface area contributed by atoms with Gasteiger partial charge in [-0.2, -0.15) is 0 Å². The smallest absolute Gasteiger partial charge is 0.257 e. The third-order valence-electron chi connectivity index (χ3n) is 3.39. The lowest BCUT2D eigenvalue weighted by molar-refractivity contribution is 0.0745. The van der Waals surface area contributed by atoms with E-state index in [2.05, 4.69) is 0 Å². The van der Waals surface area contributed by atoms with Crippen LogP contribution in [0.3, 0.4) is 0 Å². The fourth-order valence-electron chi connectivity index (χ4n) is 2.34. The predicted molar refractivity (Wildman–Crippen MR) is 66.3 cm³/mol. The molecule has 2 aromatic rings. The lowest BCUT2D eigenvalue weighted by atomic mass is 10.1. The van der Waals surface area contributed by atoms with Crippen LogP contribution >= 0.6 is 0 Å². The third kappa shape index (κ3) is 1.95. The Bertz CT molecular complexity index is 675. The normalized spacial score (nSPS) is 13.4. The summed E-state index contributed by atoms with van der Waals surface area (Å²) in [4.78, 5) is 13.6. The summed E-state index contributed by atoms with van der Waals surface area (Å²) in [5.41, 5.74) is 1.50. The first-order valence-corrected chi connectivity index (χ1v) is 6.07. The fraction of sp³-hybridized carbons (Fsp3) is 0.133. The van der Waals surface area contributed by atoms with E-state index in [1.807, 2.05) is 24.3 Å². The Labute approximate surface area is 113 Å². The van der Waals surface area contributed by atoms with Crippen molar-refractivity contribution in [2.45, 2.75) is 13.1 Å². The average Bonchev–Trinajstić information content (AvgIpc) is 2.88.